The van der Waals surface area contributed by atoms with Crippen molar-refractivity contribution in [3.8, 4) is 11.8 Å². The van der Waals surface area contributed by atoms with Crippen molar-refractivity contribution in [1.29, 1.82) is 5.26 Å². The summed E-state index contributed by atoms with van der Waals surface area (Å²) in [5.74, 6) is 0.196. The highest BCUT2D eigenvalue weighted by molar-refractivity contribution is 5.45. The Hall–Kier alpha value is -1.49. The Morgan fingerprint density at radius 1 is 1.36 bits per heavy atom. The van der Waals surface area contributed by atoms with Gasteiger partial charge in [-0.05, 0) is 37.1 Å². The van der Waals surface area contributed by atoms with E-state index in [1.807, 2.05) is 19.9 Å². The molecule has 1 aromatic carbocycles. The van der Waals surface area contributed by atoms with Crippen molar-refractivity contribution in [2.24, 2.45) is 0 Å². The molecule has 0 amide bonds. The number of hydrogen-bond donors (Lipinski definition) is 1. The number of aryl methyl sites for hydroxylation is 1. The maximum Gasteiger partial charge on any atom is 0.120 e. The van der Waals surface area contributed by atoms with Crippen LogP contribution in [0.25, 0.3) is 0 Å². The molecule has 2 heteroatoms. The number of aromatic hydroxyl groups is 1. The van der Waals surface area contributed by atoms with Crippen molar-refractivity contribution in [3.05, 3.63) is 28.8 Å². The number of phenolic OH excluding ortho intramolecular Hbond substituents is 1. The van der Waals surface area contributed by atoms with Gasteiger partial charge in [0.2, 0.25) is 0 Å². The SMILES string of the molecule is Cc1cc(C#N)cc(O)c1C. The molecule has 2 nitrogen and oxygen atoms in total. The number of nitrogens with zero attached hydrogens (tertiary/aromatic N) is 1. The standard InChI is InChI=1S/C9H9NO/c1-6-3-8(5-10)4-9(11)7(6)2/h3-4,11H,1-2H3. The summed E-state index contributed by atoms with van der Waals surface area (Å²) in [6, 6.07) is 5.21. The molecule has 1 rings (SSSR count). The van der Waals surface area contributed by atoms with Gasteiger partial charge >= 0.3 is 0 Å². The highest BCUT2D eigenvalue weighted by Gasteiger charge is 2.01. The lowest BCUT2D eigenvalue weighted by molar-refractivity contribution is 0.470. The van der Waals surface area contributed by atoms with Crippen molar-refractivity contribution < 1.29 is 5.11 Å². The molecule has 0 aliphatic rings. The quantitative estimate of drug-likeness (QED) is 0.608. The van der Waals surface area contributed by atoms with Gasteiger partial charge in [-0.25, -0.2) is 0 Å². The van der Waals surface area contributed by atoms with E-state index in [0.29, 0.717) is 5.56 Å². The number of phenols is 1. The van der Waals surface area contributed by atoms with Crippen molar-refractivity contribution >= 4 is 0 Å². The van der Waals surface area contributed by atoms with E-state index in [1.54, 1.807) is 6.07 Å². The number of benzene rings is 1. The van der Waals surface area contributed by atoms with E-state index in [-0.39, 0.29) is 5.75 Å². The van der Waals surface area contributed by atoms with E-state index in [0.717, 1.165) is 11.1 Å². The van der Waals surface area contributed by atoms with Gasteiger partial charge in [0.15, 0.2) is 0 Å². The second-order valence-corrected chi connectivity index (χ2v) is 2.55. The van der Waals surface area contributed by atoms with Crippen LogP contribution in [-0.2, 0) is 0 Å². The van der Waals surface area contributed by atoms with Gasteiger partial charge in [-0.3, -0.25) is 0 Å². The molecule has 0 spiro atoms. The zero-order valence-corrected chi connectivity index (χ0v) is 6.55. The molecule has 0 fully saturated rings. The van der Waals surface area contributed by atoms with Gasteiger partial charge in [0.05, 0.1) is 11.6 Å². The molecule has 0 atom stereocenters. The van der Waals surface area contributed by atoms with Crippen LogP contribution in [0.4, 0.5) is 0 Å². The second-order valence-electron chi connectivity index (χ2n) is 2.55. The summed E-state index contributed by atoms with van der Waals surface area (Å²) in [5.41, 5.74) is 2.29. The van der Waals surface area contributed by atoms with Crippen molar-refractivity contribution in [2.75, 3.05) is 0 Å². The molecular weight excluding hydrogens is 138 g/mol. The molecule has 11 heavy (non-hydrogen) atoms. The van der Waals surface area contributed by atoms with Gasteiger partial charge in [0.1, 0.15) is 5.75 Å². The minimum Gasteiger partial charge on any atom is -0.508 e. The van der Waals surface area contributed by atoms with E-state index >= 15 is 0 Å². The summed E-state index contributed by atoms with van der Waals surface area (Å²) in [6.07, 6.45) is 0. The number of nitriles is 1. The monoisotopic (exact) mass is 147 g/mol. The molecule has 0 unspecified atom stereocenters. The van der Waals surface area contributed by atoms with Crippen LogP contribution in [0.3, 0.4) is 0 Å². The molecule has 56 valence electrons. The van der Waals surface area contributed by atoms with Gasteiger partial charge < -0.3 is 5.11 Å². The smallest absolute Gasteiger partial charge is 0.120 e. The van der Waals surface area contributed by atoms with Crippen LogP contribution in [0.1, 0.15) is 16.7 Å². The van der Waals surface area contributed by atoms with Crippen molar-refractivity contribution in [3.63, 3.8) is 0 Å². The third-order valence-corrected chi connectivity index (χ3v) is 1.77. The summed E-state index contributed by atoms with van der Waals surface area (Å²) < 4.78 is 0. The van der Waals surface area contributed by atoms with Crippen LogP contribution in [0, 0.1) is 25.2 Å². The second kappa shape index (κ2) is 2.63. The third-order valence-electron chi connectivity index (χ3n) is 1.77. The minimum atomic E-state index is 0.196. The fraction of sp³-hybridized carbons (Fsp3) is 0.222. The molecule has 0 radical (unpaired) electrons. The highest BCUT2D eigenvalue weighted by Crippen LogP contribution is 2.21. The van der Waals surface area contributed by atoms with Crippen LogP contribution in [0.2, 0.25) is 0 Å². The van der Waals surface area contributed by atoms with Crippen LogP contribution >= 0.6 is 0 Å². The zero-order chi connectivity index (χ0) is 8.43. The summed E-state index contributed by atoms with van der Waals surface area (Å²) in [4.78, 5) is 0. The number of hydrogen-bond acceptors (Lipinski definition) is 2. The molecular formula is C9H9NO. The number of rotatable bonds is 0. The molecule has 1 aromatic rings. The van der Waals surface area contributed by atoms with Crippen LogP contribution in [0.5, 0.6) is 5.75 Å². The first-order valence-corrected chi connectivity index (χ1v) is 3.35. The molecule has 0 heterocycles. The average Bonchev–Trinajstić information content (AvgIpc) is 1.99. The largest absolute Gasteiger partial charge is 0.508 e. The summed E-state index contributed by atoms with van der Waals surface area (Å²) >= 11 is 0. The molecule has 0 aliphatic heterocycles. The van der Waals surface area contributed by atoms with E-state index in [9.17, 15) is 5.11 Å². The topological polar surface area (TPSA) is 44.0 Å². The molecule has 1 N–H and O–H groups in total. The first-order chi connectivity index (χ1) is 5.15. The maximum atomic E-state index is 9.26. The van der Waals surface area contributed by atoms with Crippen LogP contribution < -0.4 is 0 Å². The van der Waals surface area contributed by atoms with Gasteiger partial charge in [-0.15, -0.1) is 0 Å². The van der Waals surface area contributed by atoms with E-state index < -0.39 is 0 Å². The van der Waals surface area contributed by atoms with Gasteiger partial charge in [0, 0.05) is 0 Å². The predicted octanol–water partition coefficient (Wildman–Crippen LogP) is 1.88. The van der Waals surface area contributed by atoms with Crippen molar-refractivity contribution in [2.45, 2.75) is 13.8 Å². The summed E-state index contributed by atoms with van der Waals surface area (Å²) in [7, 11) is 0. The summed E-state index contributed by atoms with van der Waals surface area (Å²) in [5, 5.41) is 17.8. The lowest BCUT2D eigenvalue weighted by atomic mass is 10.1. The lowest BCUT2D eigenvalue weighted by Gasteiger charge is -2.02. The highest BCUT2D eigenvalue weighted by atomic mass is 16.3. The maximum absolute atomic E-state index is 9.26. The molecule has 0 bridgehead atoms. The van der Waals surface area contributed by atoms with E-state index in [4.69, 9.17) is 5.26 Å². The summed E-state index contributed by atoms with van der Waals surface area (Å²) in [6.45, 7) is 3.70. The van der Waals surface area contributed by atoms with Crippen LogP contribution in [0.15, 0.2) is 12.1 Å². The third kappa shape index (κ3) is 1.32. The Balaban J connectivity index is 3.35. The van der Waals surface area contributed by atoms with Gasteiger partial charge in [-0.1, -0.05) is 0 Å². The predicted molar refractivity (Wildman–Crippen MR) is 42.3 cm³/mol. The fourth-order valence-electron chi connectivity index (χ4n) is 0.905. The van der Waals surface area contributed by atoms with Gasteiger partial charge in [-0.2, -0.15) is 5.26 Å². The minimum absolute atomic E-state index is 0.196. The van der Waals surface area contributed by atoms with E-state index in [2.05, 4.69) is 0 Å². The van der Waals surface area contributed by atoms with Crippen LogP contribution in [-0.4, -0.2) is 5.11 Å². The molecule has 0 aromatic heterocycles. The Morgan fingerprint density at radius 2 is 2.00 bits per heavy atom. The normalized spacial score (nSPS) is 9.18. The first kappa shape index (κ1) is 7.62. The Kier molecular flexibility index (Phi) is 1.82. The Labute approximate surface area is 65.7 Å². The lowest BCUT2D eigenvalue weighted by Crippen LogP contribution is -1.83. The first-order valence-electron chi connectivity index (χ1n) is 3.35. The van der Waals surface area contributed by atoms with E-state index in [1.165, 1.54) is 6.07 Å². The molecule has 0 aliphatic carbocycles. The van der Waals surface area contributed by atoms with Crippen molar-refractivity contribution in [1.82, 2.24) is 0 Å². The Morgan fingerprint density at radius 3 is 2.45 bits per heavy atom. The van der Waals surface area contributed by atoms with Gasteiger partial charge in [0.25, 0.3) is 0 Å². The molecule has 0 saturated heterocycles. The average molecular weight is 147 g/mol. The Bertz CT molecular complexity index is 300. The molecule has 0 saturated carbocycles. The fourth-order valence-corrected chi connectivity index (χ4v) is 0.905. The zero-order valence-electron chi connectivity index (χ0n) is 6.55.